The number of hydrogen-bond donors (Lipinski definition) is 2. The fraction of sp³-hybridized carbons (Fsp3) is 0.429. The van der Waals surface area contributed by atoms with Gasteiger partial charge in [0, 0.05) is 13.1 Å². The van der Waals surface area contributed by atoms with E-state index in [2.05, 4.69) is 20.3 Å². The predicted octanol–water partition coefficient (Wildman–Crippen LogP) is 3.28. The maximum atomic E-state index is 13.0. The first-order chi connectivity index (χ1) is 14.5. The Hall–Kier alpha value is -2.45. The van der Waals surface area contributed by atoms with Gasteiger partial charge in [0.05, 0.1) is 0 Å². The number of fused-ring (bicyclic) bond motifs is 1. The van der Waals surface area contributed by atoms with Crippen LogP contribution in [0, 0.1) is 0 Å². The quantitative estimate of drug-likeness (QED) is 0.590. The number of piperidine rings is 1. The van der Waals surface area contributed by atoms with Gasteiger partial charge in [0.15, 0.2) is 15.5 Å². The molecule has 3 aromatic rings. The second kappa shape index (κ2) is 7.67. The molecule has 7 nitrogen and oxygen atoms in total. The third-order valence-corrected chi connectivity index (χ3v) is 7.28. The second-order valence-corrected chi connectivity index (χ2v) is 9.62. The van der Waals surface area contributed by atoms with Crippen molar-refractivity contribution >= 4 is 44.3 Å². The molecule has 9 heteroatoms. The smallest absolute Gasteiger partial charge is 0.278 e. The number of nitrogens with one attached hydrogen (secondary N) is 2. The summed E-state index contributed by atoms with van der Waals surface area (Å²) in [6.45, 7) is 1.22. The fourth-order valence-corrected chi connectivity index (χ4v) is 5.04. The summed E-state index contributed by atoms with van der Waals surface area (Å²) in [4.78, 5) is 39.4. The number of carbonyl (C=O) groups is 1. The number of nitrogens with zero attached hydrogens (tertiary/aromatic N) is 3. The van der Waals surface area contributed by atoms with Crippen LogP contribution in [-0.2, 0) is 16.2 Å². The van der Waals surface area contributed by atoms with E-state index >= 15 is 0 Å². The monoisotopic (exact) mass is 443 g/mol. The Morgan fingerprint density at radius 1 is 1.27 bits per heavy atom. The van der Waals surface area contributed by atoms with E-state index in [1.165, 1.54) is 11.3 Å². The summed E-state index contributed by atoms with van der Waals surface area (Å²) in [7, 11) is 0. The molecule has 2 aliphatic rings. The van der Waals surface area contributed by atoms with Gasteiger partial charge in [-0.1, -0.05) is 41.7 Å². The Kier molecular flexibility index (Phi) is 4.99. The normalized spacial score (nSPS) is 20.3. The van der Waals surface area contributed by atoms with Crippen molar-refractivity contribution in [3.05, 3.63) is 52.1 Å². The maximum Gasteiger partial charge on any atom is 0.278 e. The van der Waals surface area contributed by atoms with Crippen LogP contribution in [-0.4, -0.2) is 33.4 Å². The molecule has 0 radical (unpaired) electrons. The lowest BCUT2D eigenvalue weighted by molar-refractivity contribution is -0.123. The summed E-state index contributed by atoms with van der Waals surface area (Å²) >= 11 is 7.79. The van der Waals surface area contributed by atoms with E-state index in [-0.39, 0.29) is 17.5 Å². The van der Waals surface area contributed by atoms with Crippen LogP contribution in [0.1, 0.15) is 43.5 Å². The molecule has 1 aliphatic heterocycles. The Bertz CT molecular complexity index is 1140. The van der Waals surface area contributed by atoms with Gasteiger partial charge in [-0.25, -0.2) is 9.97 Å². The van der Waals surface area contributed by atoms with E-state index in [1.54, 1.807) is 0 Å². The minimum absolute atomic E-state index is 0.0157. The summed E-state index contributed by atoms with van der Waals surface area (Å²) in [5, 5.41) is 3.71. The highest BCUT2D eigenvalue weighted by molar-refractivity contribution is 7.21. The number of alkyl halides is 1. The van der Waals surface area contributed by atoms with Gasteiger partial charge in [0.2, 0.25) is 5.91 Å². The molecule has 1 aliphatic carbocycles. The van der Waals surface area contributed by atoms with Crippen LogP contribution in [0.2, 0.25) is 0 Å². The average molecular weight is 444 g/mol. The third-order valence-electron chi connectivity index (χ3n) is 5.73. The van der Waals surface area contributed by atoms with Crippen molar-refractivity contribution in [3.8, 4) is 0 Å². The number of H-pyrrole nitrogens is 1. The number of carbonyl (C=O) groups excluding carboxylic acids is 1. The number of rotatable bonds is 5. The molecule has 3 heterocycles. The van der Waals surface area contributed by atoms with Crippen LogP contribution < -0.4 is 15.8 Å². The molecule has 0 bridgehead atoms. The van der Waals surface area contributed by atoms with E-state index in [0.717, 1.165) is 44.2 Å². The molecule has 1 aromatic carbocycles. The van der Waals surface area contributed by atoms with Gasteiger partial charge in [0.1, 0.15) is 16.7 Å². The van der Waals surface area contributed by atoms with Gasteiger partial charge in [-0.05, 0) is 37.7 Å². The van der Waals surface area contributed by atoms with Crippen LogP contribution in [0.25, 0.3) is 10.3 Å². The van der Waals surface area contributed by atoms with Crippen molar-refractivity contribution < 1.29 is 4.79 Å². The molecular formula is C21H22ClN5O2S. The van der Waals surface area contributed by atoms with E-state index in [9.17, 15) is 9.59 Å². The first-order valence-electron chi connectivity index (χ1n) is 10.2. The first-order valence-corrected chi connectivity index (χ1v) is 11.4. The second-order valence-electron chi connectivity index (χ2n) is 7.94. The largest absolute Gasteiger partial charge is 0.350 e. The standard InChI is InChI=1S/C21H22ClN5O2S/c22-21(9-10-21)19-25-17(29)15-18(26-19)30-20(24-15)27-11-5-4-8-14(27)16(28)23-12-13-6-2-1-3-7-13/h1-3,6-7,14H,4-5,8-12H2,(H,23,28)(H,25,26,29)/t14-/m1/s1. The molecule has 2 fully saturated rings. The number of benzene rings is 1. The van der Waals surface area contributed by atoms with Crippen molar-refractivity contribution in [3.63, 3.8) is 0 Å². The number of hydrogen-bond acceptors (Lipinski definition) is 6. The van der Waals surface area contributed by atoms with Gasteiger partial charge in [0.25, 0.3) is 5.56 Å². The molecule has 30 heavy (non-hydrogen) atoms. The molecule has 1 atom stereocenters. The number of halogens is 1. The van der Waals surface area contributed by atoms with Gasteiger partial charge >= 0.3 is 0 Å². The SMILES string of the molecule is O=C(NCc1ccccc1)[C@H]1CCCCN1c1nc2c(=O)[nH]c(C3(Cl)CC3)nc2s1. The van der Waals surface area contributed by atoms with Crippen LogP contribution in [0.15, 0.2) is 35.1 Å². The van der Waals surface area contributed by atoms with Crippen LogP contribution in [0.5, 0.6) is 0 Å². The first kappa shape index (κ1) is 19.5. The summed E-state index contributed by atoms with van der Waals surface area (Å²) in [6, 6.07) is 9.56. The average Bonchev–Trinajstić information content (AvgIpc) is 3.37. The fourth-order valence-electron chi connectivity index (χ4n) is 3.84. The molecule has 0 unspecified atom stereocenters. The zero-order chi connectivity index (χ0) is 20.7. The predicted molar refractivity (Wildman–Crippen MR) is 118 cm³/mol. The highest BCUT2D eigenvalue weighted by atomic mass is 35.5. The third kappa shape index (κ3) is 3.70. The summed E-state index contributed by atoms with van der Waals surface area (Å²) in [6.07, 6.45) is 4.35. The van der Waals surface area contributed by atoms with E-state index < -0.39 is 4.87 Å². The molecule has 5 rings (SSSR count). The molecule has 156 valence electrons. The van der Waals surface area contributed by atoms with Gasteiger partial charge in [-0.2, -0.15) is 0 Å². The Morgan fingerprint density at radius 2 is 2.07 bits per heavy atom. The zero-order valence-corrected chi connectivity index (χ0v) is 17.9. The number of aromatic amines is 1. The molecular weight excluding hydrogens is 422 g/mol. The van der Waals surface area contributed by atoms with Gasteiger partial charge in [-0.15, -0.1) is 11.6 Å². The number of amides is 1. The van der Waals surface area contributed by atoms with E-state index in [1.807, 2.05) is 35.2 Å². The summed E-state index contributed by atoms with van der Waals surface area (Å²) < 4.78 is 0. The number of aromatic nitrogens is 3. The van der Waals surface area contributed by atoms with E-state index in [0.29, 0.717) is 27.8 Å². The van der Waals surface area contributed by atoms with Crippen molar-refractivity contribution in [2.45, 2.75) is 49.6 Å². The van der Waals surface area contributed by atoms with Gasteiger partial charge < -0.3 is 15.2 Å². The highest BCUT2D eigenvalue weighted by Crippen LogP contribution is 2.50. The van der Waals surface area contributed by atoms with Crippen LogP contribution in [0.3, 0.4) is 0 Å². The summed E-state index contributed by atoms with van der Waals surface area (Å²) in [5.41, 5.74) is 1.10. The number of anilines is 1. The minimum Gasteiger partial charge on any atom is -0.350 e. The lowest BCUT2D eigenvalue weighted by Gasteiger charge is -2.34. The maximum absolute atomic E-state index is 13.0. The topological polar surface area (TPSA) is 91.0 Å². The molecule has 2 N–H and O–H groups in total. The number of thiazole rings is 1. The van der Waals surface area contributed by atoms with E-state index in [4.69, 9.17) is 11.6 Å². The molecule has 2 aromatic heterocycles. The van der Waals surface area contributed by atoms with Crippen molar-refractivity contribution in [2.75, 3.05) is 11.4 Å². The van der Waals surface area contributed by atoms with Crippen molar-refractivity contribution in [1.29, 1.82) is 0 Å². The Labute approximate surface area is 182 Å². The van der Waals surface area contributed by atoms with Crippen LogP contribution in [0.4, 0.5) is 5.13 Å². The molecule has 1 saturated heterocycles. The highest BCUT2D eigenvalue weighted by Gasteiger charge is 2.45. The van der Waals surface area contributed by atoms with Gasteiger partial charge in [-0.3, -0.25) is 9.59 Å². The molecule has 1 saturated carbocycles. The molecule has 1 amide bonds. The van der Waals surface area contributed by atoms with Crippen LogP contribution >= 0.6 is 22.9 Å². The lowest BCUT2D eigenvalue weighted by Crippen LogP contribution is -2.49. The van der Waals surface area contributed by atoms with Crippen molar-refractivity contribution in [2.24, 2.45) is 0 Å². The lowest BCUT2D eigenvalue weighted by atomic mass is 10.0. The summed E-state index contributed by atoms with van der Waals surface area (Å²) in [5.74, 6) is 0.505. The van der Waals surface area contributed by atoms with Crippen molar-refractivity contribution in [1.82, 2.24) is 20.3 Å². The zero-order valence-electron chi connectivity index (χ0n) is 16.4. The molecule has 0 spiro atoms. The minimum atomic E-state index is -0.539. The Balaban J connectivity index is 1.39. The Morgan fingerprint density at radius 3 is 2.83 bits per heavy atom.